The summed E-state index contributed by atoms with van der Waals surface area (Å²) in [5.41, 5.74) is 3.16. The Morgan fingerprint density at radius 2 is 1.84 bits per heavy atom. The summed E-state index contributed by atoms with van der Waals surface area (Å²) >= 11 is 0. The van der Waals surface area contributed by atoms with E-state index in [-0.39, 0.29) is 11.9 Å². The second-order valence-corrected chi connectivity index (χ2v) is 10.2. The number of halogens is 3. The first kappa shape index (κ1) is 30.7. The van der Waals surface area contributed by atoms with Crippen LogP contribution >= 0.6 is 0 Å². The highest BCUT2D eigenvalue weighted by Gasteiger charge is 2.33. The third kappa shape index (κ3) is 11.6. The number of aliphatic hydroxyl groups excluding tert-OH is 1. The van der Waals surface area contributed by atoms with E-state index in [1.54, 1.807) is 32.1 Å². The number of ether oxygens (including phenoxy) is 1. The lowest BCUT2D eigenvalue weighted by molar-refractivity contribution is -0.274. The Labute approximate surface area is 220 Å². The minimum Gasteiger partial charge on any atom is -0.406 e. The molecule has 1 saturated carbocycles. The number of hydrogen-bond donors (Lipinski definition) is 2. The summed E-state index contributed by atoms with van der Waals surface area (Å²) in [6, 6.07) is 6.67. The predicted octanol–water partition coefficient (Wildman–Crippen LogP) is 7.14. The van der Waals surface area contributed by atoms with Crippen LogP contribution in [0.5, 0.6) is 5.75 Å². The van der Waals surface area contributed by atoms with Crippen LogP contribution in [0.4, 0.5) is 13.2 Å². The van der Waals surface area contributed by atoms with Gasteiger partial charge in [0, 0.05) is 24.4 Å². The molecule has 4 nitrogen and oxygen atoms in total. The molecule has 0 bridgehead atoms. The standard InChI is InChI=1S/C27H35F3N2O.C3H8O/c1-4-5-6-8-20(2)23-13-15-32(16-14-23)25-12-11-24(18-25)21(3)31-19-22-9-7-10-26(17-22)33-27(28,29)30;1-3(2)4/h4-10,17,23-25,31H,1,3,11-16,18-19H2,2H3;3-4H,1-2H3/b6-5-,20-8+;/t24-,25+;/m0./s1. The molecule has 7 heteroatoms. The fraction of sp³-hybridized carbons (Fsp3) is 0.533. The first-order chi connectivity index (χ1) is 17.5. The molecule has 37 heavy (non-hydrogen) atoms. The maximum absolute atomic E-state index is 12.4. The SMILES string of the molecule is C=C/C=C\C=C(/C)C1CCN([C@@H]2CC[C@H](C(=C)NCc3cccc(OC(F)(F)F)c3)C2)CC1.CC(C)O. The molecule has 2 N–H and O–H groups in total. The van der Waals surface area contributed by atoms with Crippen molar-refractivity contribution in [3.8, 4) is 5.75 Å². The highest BCUT2D eigenvalue weighted by atomic mass is 19.4. The van der Waals surface area contributed by atoms with Gasteiger partial charge in [0.05, 0.1) is 0 Å². The Kier molecular flexibility index (Phi) is 12.5. The fourth-order valence-corrected chi connectivity index (χ4v) is 4.96. The van der Waals surface area contributed by atoms with Gasteiger partial charge < -0.3 is 20.1 Å². The fourth-order valence-electron chi connectivity index (χ4n) is 4.96. The number of nitrogens with one attached hydrogen (secondary N) is 1. The van der Waals surface area contributed by atoms with Crippen molar-refractivity contribution in [1.29, 1.82) is 0 Å². The summed E-state index contributed by atoms with van der Waals surface area (Å²) in [5.74, 6) is 0.855. The number of hydrogen-bond acceptors (Lipinski definition) is 4. The van der Waals surface area contributed by atoms with Crippen molar-refractivity contribution in [1.82, 2.24) is 10.2 Å². The van der Waals surface area contributed by atoms with Gasteiger partial charge in [0.25, 0.3) is 0 Å². The number of alkyl halides is 3. The third-order valence-electron chi connectivity index (χ3n) is 6.85. The van der Waals surface area contributed by atoms with Gasteiger partial charge in [0.1, 0.15) is 5.75 Å². The quantitative estimate of drug-likeness (QED) is 0.340. The predicted molar refractivity (Wildman–Crippen MR) is 145 cm³/mol. The van der Waals surface area contributed by atoms with Crippen molar-refractivity contribution in [2.24, 2.45) is 11.8 Å². The van der Waals surface area contributed by atoms with Crippen LogP contribution in [0.25, 0.3) is 0 Å². The van der Waals surface area contributed by atoms with Gasteiger partial charge in [-0.05, 0) is 95.5 Å². The minimum atomic E-state index is -4.68. The van der Waals surface area contributed by atoms with Crippen molar-refractivity contribution in [2.75, 3.05) is 13.1 Å². The van der Waals surface area contributed by atoms with Gasteiger partial charge in [-0.3, -0.25) is 0 Å². The van der Waals surface area contributed by atoms with Crippen molar-refractivity contribution in [2.45, 2.75) is 77.9 Å². The number of aliphatic hydroxyl groups is 1. The molecule has 1 heterocycles. The molecule has 2 atom stereocenters. The van der Waals surface area contributed by atoms with Gasteiger partial charge in [-0.15, -0.1) is 13.2 Å². The Hall–Kier alpha value is -2.51. The molecule has 0 aromatic heterocycles. The molecule has 1 saturated heterocycles. The summed E-state index contributed by atoms with van der Waals surface area (Å²) in [7, 11) is 0. The Balaban J connectivity index is 0.00000112. The van der Waals surface area contributed by atoms with E-state index in [2.05, 4.69) is 47.2 Å². The van der Waals surface area contributed by atoms with E-state index in [1.807, 2.05) is 6.08 Å². The largest absolute Gasteiger partial charge is 0.573 e. The molecule has 206 valence electrons. The molecule has 1 aromatic carbocycles. The molecule has 2 aliphatic rings. The van der Waals surface area contributed by atoms with Crippen LogP contribution in [-0.2, 0) is 6.54 Å². The molecule has 0 unspecified atom stereocenters. The van der Waals surface area contributed by atoms with Gasteiger partial charge in [0.15, 0.2) is 0 Å². The zero-order valence-corrected chi connectivity index (χ0v) is 22.4. The van der Waals surface area contributed by atoms with E-state index in [9.17, 15) is 13.2 Å². The molecular formula is C30H43F3N2O2. The summed E-state index contributed by atoms with van der Waals surface area (Å²) in [6.45, 7) is 16.3. The maximum atomic E-state index is 12.4. The van der Waals surface area contributed by atoms with E-state index in [0.29, 0.717) is 24.4 Å². The Bertz CT molecular complexity index is 913. The van der Waals surface area contributed by atoms with Crippen molar-refractivity contribution in [3.05, 3.63) is 78.6 Å². The number of benzene rings is 1. The molecule has 3 rings (SSSR count). The van der Waals surface area contributed by atoms with Gasteiger partial charge in [-0.2, -0.15) is 0 Å². The maximum Gasteiger partial charge on any atom is 0.573 e. The van der Waals surface area contributed by atoms with Gasteiger partial charge >= 0.3 is 6.36 Å². The molecule has 0 spiro atoms. The van der Waals surface area contributed by atoms with E-state index in [4.69, 9.17) is 5.11 Å². The smallest absolute Gasteiger partial charge is 0.406 e. The van der Waals surface area contributed by atoms with E-state index in [1.165, 1.54) is 37.0 Å². The van der Waals surface area contributed by atoms with E-state index >= 15 is 0 Å². The second-order valence-electron chi connectivity index (χ2n) is 10.2. The number of likely N-dealkylation sites (tertiary alicyclic amines) is 1. The normalized spacial score (nSPS) is 21.6. The zero-order valence-electron chi connectivity index (χ0n) is 22.4. The van der Waals surface area contributed by atoms with Crippen molar-refractivity contribution < 1.29 is 23.0 Å². The lowest BCUT2D eigenvalue weighted by atomic mass is 9.89. The number of nitrogens with zero attached hydrogens (tertiary/aromatic N) is 1. The van der Waals surface area contributed by atoms with Crippen LogP contribution in [0.15, 0.2) is 73.0 Å². The van der Waals surface area contributed by atoms with Gasteiger partial charge in [-0.1, -0.05) is 55.2 Å². The first-order valence-corrected chi connectivity index (χ1v) is 13.1. The highest BCUT2D eigenvalue weighted by molar-refractivity contribution is 5.29. The molecular weight excluding hydrogens is 477 g/mol. The van der Waals surface area contributed by atoms with Crippen LogP contribution in [-0.4, -0.2) is 41.6 Å². The van der Waals surface area contributed by atoms with Crippen LogP contribution in [0.2, 0.25) is 0 Å². The average molecular weight is 521 g/mol. The third-order valence-corrected chi connectivity index (χ3v) is 6.85. The van der Waals surface area contributed by atoms with Crippen molar-refractivity contribution >= 4 is 0 Å². The number of allylic oxidation sites excluding steroid dienone is 6. The summed E-state index contributed by atoms with van der Waals surface area (Å²) in [4.78, 5) is 2.63. The average Bonchev–Trinajstić information content (AvgIpc) is 3.32. The lowest BCUT2D eigenvalue weighted by Gasteiger charge is -2.36. The number of piperidine rings is 1. The van der Waals surface area contributed by atoms with E-state index in [0.717, 1.165) is 37.2 Å². The monoisotopic (exact) mass is 520 g/mol. The molecule has 1 aromatic rings. The summed E-state index contributed by atoms with van der Waals surface area (Å²) in [6.07, 6.45) is 8.92. The minimum absolute atomic E-state index is 0.167. The molecule has 1 aliphatic heterocycles. The van der Waals surface area contributed by atoms with Crippen LogP contribution in [0.3, 0.4) is 0 Å². The molecule has 0 radical (unpaired) electrons. The number of rotatable bonds is 9. The first-order valence-electron chi connectivity index (χ1n) is 13.1. The highest BCUT2D eigenvalue weighted by Crippen LogP contribution is 2.36. The van der Waals surface area contributed by atoms with Crippen LogP contribution in [0.1, 0.15) is 58.4 Å². The summed E-state index contributed by atoms with van der Waals surface area (Å²) < 4.78 is 41.3. The van der Waals surface area contributed by atoms with Crippen LogP contribution < -0.4 is 10.1 Å². The second kappa shape index (κ2) is 15.0. The van der Waals surface area contributed by atoms with Gasteiger partial charge in [-0.25, -0.2) is 0 Å². The molecule has 2 fully saturated rings. The summed E-state index contributed by atoms with van der Waals surface area (Å²) in [5, 5.41) is 11.4. The zero-order chi connectivity index (χ0) is 27.4. The van der Waals surface area contributed by atoms with Crippen LogP contribution in [0, 0.1) is 11.8 Å². The Morgan fingerprint density at radius 1 is 1.16 bits per heavy atom. The van der Waals surface area contributed by atoms with Gasteiger partial charge in [0.2, 0.25) is 0 Å². The molecule has 1 aliphatic carbocycles. The Morgan fingerprint density at radius 3 is 2.46 bits per heavy atom. The van der Waals surface area contributed by atoms with E-state index < -0.39 is 6.36 Å². The lowest BCUT2D eigenvalue weighted by Crippen LogP contribution is -2.40. The van der Waals surface area contributed by atoms with Crippen molar-refractivity contribution in [3.63, 3.8) is 0 Å². The molecule has 0 amide bonds. The topological polar surface area (TPSA) is 44.7 Å².